The van der Waals surface area contributed by atoms with E-state index in [0.717, 1.165) is 0 Å². The molecule has 3 N–H and O–H groups in total. The number of benzene rings is 1. The van der Waals surface area contributed by atoms with Crippen molar-refractivity contribution in [2.24, 2.45) is 0 Å². The molecule has 5 heteroatoms. The minimum atomic E-state index is -1.04. The maximum atomic E-state index is 10.5. The molecule has 0 bridgehead atoms. The Morgan fingerprint density at radius 3 is 2.38 bits per heavy atom. The van der Waals surface area contributed by atoms with Gasteiger partial charge in [0, 0.05) is 12.0 Å². The van der Waals surface area contributed by atoms with Crippen LogP contribution in [-0.4, -0.2) is 27.3 Å². The summed E-state index contributed by atoms with van der Waals surface area (Å²) in [6.07, 6.45) is 0.0340. The van der Waals surface area contributed by atoms with Crippen molar-refractivity contribution in [1.29, 1.82) is 0 Å². The number of rotatable bonds is 5. The van der Waals surface area contributed by atoms with Gasteiger partial charge >= 0.3 is 11.9 Å². The van der Waals surface area contributed by atoms with Gasteiger partial charge in [-0.3, -0.25) is 9.59 Å². The zero-order valence-electron chi connectivity index (χ0n) is 8.51. The Hall–Kier alpha value is -2.04. The molecule has 0 aliphatic carbocycles. The number of aliphatic carboxylic acids is 2. The predicted molar refractivity (Wildman–Crippen MR) is 55.4 cm³/mol. The highest BCUT2D eigenvalue weighted by atomic mass is 16.4. The number of hydrogen-bond acceptors (Lipinski definition) is 3. The van der Waals surface area contributed by atoms with Crippen molar-refractivity contribution >= 4 is 11.9 Å². The molecule has 86 valence electrons. The van der Waals surface area contributed by atoms with E-state index in [0.29, 0.717) is 17.5 Å². The standard InChI is InChI=1S/C11H12O5/c12-9-3-1-7(2-4-10(13)14)5-8(9)6-11(15)16/h1,3,5,12H,2,4,6H2,(H,13,14)(H,15,16). The topological polar surface area (TPSA) is 94.8 Å². The predicted octanol–water partition coefficient (Wildman–Crippen LogP) is 1.04. The van der Waals surface area contributed by atoms with Gasteiger partial charge in [0.15, 0.2) is 0 Å². The molecule has 1 aromatic carbocycles. The van der Waals surface area contributed by atoms with Gasteiger partial charge in [-0.1, -0.05) is 12.1 Å². The summed E-state index contributed by atoms with van der Waals surface area (Å²) in [5, 5.41) is 26.5. The quantitative estimate of drug-likeness (QED) is 0.694. The van der Waals surface area contributed by atoms with E-state index < -0.39 is 11.9 Å². The molecule has 0 amide bonds. The molecule has 0 saturated carbocycles. The molecule has 0 aliphatic rings. The van der Waals surface area contributed by atoms with Crippen molar-refractivity contribution in [3.05, 3.63) is 29.3 Å². The number of carbonyl (C=O) groups is 2. The van der Waals surface area contributed by atoms with Crippen LogP contribution in [0, 0.1) is 0 Å². The van der Waals surface area contributed by atoms with E-state index in [1.165, 1.54) is 12.1 Å². The van der Waals surface area contributed by atoms with Crippen LogP contribution in [0.1, 0.15) is 17.5 Å². The Kier molecular flexibility index (Phi) is 3.88. The number of carboxylic acid groups (broad SMARTS) is 2. The van der Waals surface area contributed by atoms with Crippen LogP contribution in [0.2, 0.25) is 0 Å². The highest BCUT2D eigenvalue weighted by Gasteiger charge is 2.08. The van der Waals surface area contributed by atoms with Gasteiger partial charge in [-0.2, -0.15) is 0 Å². The summed E-state index contributed by atoms with van der Waals surface area (Å²) in [7, 11) is 0. The molecule has 16 heavy (non-hydrogen) atoms. The van der Waals surface area contributed by atoms with Gasteiger partial charge in [-0.25, -0.2) is 0 Å². The van der Waals surface area contributed by atoms with Crippen LogP contribution < -0.4 is 0 Å². The van der Waals surface area contributed by atoms with Crippen molar-refractivity contribution < 1.29 is 24.9 Å². The zero-order chi connectivity index (χ0) is 12.1. The Morgan fingerprint density at radius 1 is 1.12 bits per heavy atom. The second-order valence-corrected chi connectivity index (χ2v) is 3.43. The summed E-state index contributed by atoms with van der Waals surface area (Å²) in [6, 6.07) is 4.49. The number of aromatic hydroxyl groups is 1. The maximum Gasteiger partial charge on any atom is 0.307 e. The first-order valence-electron chi connectivity index (χ1n) is 4.73. The summed E-state index contributed by atoms with van der Waals surface area (Å²) in [4.78, 5) is 20.9. The lowest BCUT2D eigenvalue weighted by molar-refractivity contribution is -0.137. The maximum absolute atomic E-state index is 10.5. The molecule has 0 saturated heterocycles. The molecule has 0 aromatic heterocycles. The van der Waals surface area contributed by atoms with Gasteiger partial charge in [0.1, 0.15) is 5.75 Å². The third-order valence-corrected chi connectivity index (χ3v) is 2.11. The van der Waals surface area contributed by atoms with Gasteiger partial charge in [-0.15, -0.1) is 0 Å². The van der Waals surface area contributed by atoms with Crippen LogP contribution in [0.15, 0.2) is 18.2 Å². The molecule has 0 fully saturated rings. The largest absolute Gasteiger partial charge is 0.508 e. The van der Waals surface area contributed by atoms with E-state index in [-0.39, 0.29) is 18.6 Å². The average Bonchev–Trinajstić information content (AvgIpc) is 2.18. The van der Waals surface area contributed by atoms with Crippen molar-refractivity contribution in [3.8, 4) is 5.75 Å². The van der Waals surface area contributed by atoms with Crippen molar-refractivity contribution in [3.63, 3.8) is 0 Å². The number of carboxylic acids is 2. The molecule has 1 rings (SSSR count). The van der Waals surface area contributed by atoms with Gasteiger partial charge in [0.2, 0.25) is 0 Å². The Morgan fingerprint density at radius 2 is 1.81 bits per heavy atom. The van der Waals surface area contributed by atoms with Crippen LogP contribution in [0.5, 0.6) is 5.75 Å². The molecule has 0 radical (unpaired) electrons. The fourth-order valence-electron chi connectivity index (χ4n) is 1.35. The van der Waals surface area contributed by atoms with Gasteiger partial charge in [0.25, 0.3) is 0 Å². The third kappa shape index (κ3) is 3.61. The summed E-state index contributed by atoms with van der Waals surface area (Å²) < 4.78 is 0. The molecular weight excluding hydrogens is 212 g/mol. The van der Waals surface area contributed by atoms with E-state index in [4.69, 9.17) is 10.2 Å². The first-order valence-corrected chi connectivity index (χ1v) is 4.73. The molecule has 0 atom stereocenters. The fraction of sp³-hybridized carbons (Fsp3) is 0.273. The summed E-state index contributed by atoms with van der Waals surface area (Å²) in [6.45, 7) is 0. The lowest BCUT2D eigenvalue weighted by Gasteiger charge is -2.05. The molecule has 0 spiro atoms. The van der Waals surface area contributed by atoms with Crippen molar-refractivity contribution in [2.75, 3.05) is 0 Å². The molecule has 5 nitrogen and oxygen atoms in total. The van der Waals surface area contributed by atoms with Crippen molar-refractivity contribution in [2.45, 2.75) is 19.3 Å². The monoisotopic (exact) mass is 224 g/mol. The fourth-order valence-corrected chi connectivity index (χ4v) is 1.35. The number of phenolic OH excluding ortho intramolecular Hbond substituents is 1. The molecule has 0 heterocycles. The van der Waals surface area contributed by atoms with Crippen LogP contribution in [0.25, 0.3) is 0 Å². The highest BCUT2D eigenvalue weighted by molar-refractivity contribution is 5.71. The molecular formula is C11H12O5. The van der Waals surface area contributed by atoms with Crippen molar-refractivity contribution in [1.82, 2.24) is 0 Å². The number of hydrogen-bond donors (Lipinski definition) is 3. The SMILES string of the molecule is O=C(O)CCc1ccc(O)c(CC(=O)O)c1. The average molecular weight is 224 g/mol. The third-order valence-electron chi connectivity index (χ3n) is 2.11. The van der Waals surface area contributed by atoms with Crippen LogP contribution in [-0.2, 0) is 22.4 Å². The lowest BCUT2D eigenvalue weighted by Crippen LogP contribution is -2.02. The second-order valence-electron chi connectivity index (χ2n) is 3.43. The van der Waals surface area contributed by atoms with Gasteiger partial charge < -0.3 is 15.3 Å². The summed E-state index contributed by atoms with van der Waals surface area (Å²) in [5.41, 5.74) is 1.01. The van der Waals surface area contributed by atoms with E-state index in [1.807, 2.05) is 0 Å². The normalized spacial score (nSPS) is 10.0. The summed E-state index contributed by atoms with van der Waals surface area (Å²) >= 11 is 0. The first-order chi connectivity index (χ1) is 7.49. The van der Waals surface area contributed by atoms with E-state index >= 15 is 0 Å². The number of aryl methyl sites for hydroxylation is 1. The van der Waals surface area contributed by atoms with Crippen LogP contribution in [0.4, 0.5) is 0 Å². The molecule has 0 aliphatic heterocycles. The van der Waals surface area contributed by atoms with Crippen LogP contribution in [0.3, 0.4) is 0 Å². The first kappa shape index (κ1) is 12.0. The van der Waals surface area contributed by atoms with E-state index in [2.05, 4.69) is 0 Å². The van der Waals surface area contributed by atoms with Gasteiger partial charge in [0.05, 0.1) is 6.42 Å². The number of phenols is 1. The lowest BCUT2D eigenvalue weighted by atomic mass is 10.0. The van der Waals surface area contributed by atoms with Gasteiger partial charge in [-0.05, 0) is 18.1 Å². The van der Waals surface area contributed by atoms with Crippen LogP contribution >= 0.6 is 0 Å². The van der Waals surface area contributed by atoms with E-state index in [9.17, 15) is 14.7 Å². The Labute approximate surface area is 92.0 Å². The Balaban J connectivity index is 2.80. The smallest absolute Gasteiger partial charge is 0.307 e. The second kappa shape index (κ2) is 5.16. The Bertz CT molecular complexity index is 411. The summed E-state index contributed by atoms with van der Waals surface area (Å²) in [5.74, 6) is -2.03. The zero-order valence-corrected chi connectivity index (χ0v) is 8.51. The highest BCUT2D eigenvalue weighted by Crippen LogP contribution is 2.19. The van der Waals surface area contributed by atoms with E-state index in [1.54, 1.807) is 6.07 Å². The molecule has 0 unspecified atom stereocenters. The molecule has 1 aromatic rings. The minimum Gasteiger partial charge on any atom is -0.508 e. The minimum absolute atomic E-state index is 0.0166.